The number of carbonyl (C=O) groups excluding carboxylic acids is 2. The van der Waals surface area contributed by atoms with E-state index in [9.17, 15) is 14.7 Å². The maximum atomic E-state index is 13.2. The van der Waals surface area contributed by atoms with Crippen molar-refractivity contribution in [3.05, 3.63) is 23.8 Å². The van der Waals surface area contributed by atoms with Crippen LogP contribution >= 0.6 is 0 Å². The van der Waals surface area contributed by atoms with E-state index in [0.29, 0.717) is 18.3 Å². The smallest absolute Gasteiger partial charge is 0.312 e. The Morgan fingerprint density at radius 1 is 1.23 bits per heavy atom. The second kappa shape index (κ2) is 10.3. The van der Waals surface area contributed by atoms with Crippen molar-refractivity contribution >= 4 is 11.9 Å². The van der Waals surface area contributed by atoms with Crippen LogP contribution < -0.4 is 0 Å². The van der Waals surface area contributed by atoms with Crippen molar-refractivity contribution in [1.29, 1.82) is 0 Å². The van der Waals surface area contributed by atoms with Crippen molar-refractivity contribution in [2.75, 3.05) is 0 Å². The van der Waals surface area contributed by atoms with Gasteiger partial charge in [0.25, 0.3) is 0 Å². The van der Waals surface area contributed by atoms with Gasteiger partial charge in [0.1, 0.15) is 12.2 Å². The molecule has 5 heteroatoms. The van der Waals surface area contributed by atoms with Gasteiger partial charge in [0, 0.05) is 12.3 Å². The summed E-state index contributed by atoms with van der Waals surface area (Å²) in [6.45, 7) is 8.46. The fourth-order valence-electron chi connectivity index (χ4n) is 5.82. The largest absolute Gasteiger partial charge is 0.462 e. The predicted octanol–water partition coefficient (Wildman–Crippen LogP) is 5.12. The lowest BCUT2D eigenvalue weighted by Crippen LogP contribution is -2.43. The number of cyclic esters (lactones) is 1. The van der Waals surface area contributed by atoms with Crippen LogP contribution in [0.1, 0.15) is 85.5 Å². The highest BCUT2D eigenvalue weighted by Gasteiger charge is 2.43. The molecular weight excluding hydrogens is 392 g/mol. The van der Waals surface area contributed by atoms with Crippen LogP contribution in [0.15, 0.2) is 23.8 Å². The van der Waals surface area contributed by atoms with Crippen molar-refractivity contribution in [2.24, 2.45) is 23.2 Å². The van der Waals surface area contributed by atoms with Crippen LogP contribution in [0, 0.1) is 23.2 Å². The molecule has 0 saturated carbocycles. The third-order valence-electron chi connectivity index (χ3n) is 8.12. The van der Waals surface area contributed by atoms with Crippen molar-refractivity contribution in [3.8, 4) is 0 Å². The molecular formula is C26H40O5. The molecule has 3 aliphatic rings. The fourth-order valence-corrected chi connectivity index (χ4v) is 5.82. The minimum atomic E-state index is -0.598. The maximum Gasteiger partial charge on any atom is 0.312 e. The molecule has 3 rings (SSSR count). The lowest BCUT2D eigenvalue weighted by molar-refractivity contribution is -0.167. The summed E-state index contributed by atoms with van der Waals surface area (Å²) in [7, 11) is 0. The molecule has 0 spiro atoms. The Morgan fingerprint density at radius 2 is 1.94 bits per heavy atom. The van der Waals surface area contributed by atoms with Crippen LogP contribution in [0.3, 0.4) is 0 Å². The summed E-state index contributed by atoms with van der Waals surface area (Å²) in [6, 6.07) is 0. The summed E-state index contributed by atoms with van der Waals surface area (Å²) in [5.41, 5.74) is 0.891. The Kier molecular flexibility index (Phi) is 8.01. The van der Waals surface area contributed by atoms with Gasteiger partial charge >= 0.3 is 11.9 Å². The van der Waals surface area contributed by atoms with Crippen LogP contribution in [0.25, 0.3) is 0 Å². The van der Waals surface area contributed by atoms with Crippen molar-refractivity contribution in [3.63, 3.8) is 0 Å². The third kappa shape index (κ3) is 5.24. The van der Waals surface area contributed by atoms with E-state index in [1.54, 1.807) is 0 Å². The van der Waals surface area contributed by atoms with Gasteiger partial charge < -0.3 is 14.6 Å². The number of hydrogen-bond donors (Lipinski definition) is 1. The summed E-state index contributed by atoms with van der Waals surface area (Å²) >= 11 is 0. The van der Waals surface area contributed by atoms with Gasteiger partial charge in [0.05, 0.1) is 17.9 Å². The number of aliphatic hydroxyl groups is 1. The van der Waals surface area contributed by atoms with Gasteiger partial charge in [0.2, 0.25) is 0 Å². The SMILES string of the molecule is CCC(CC)(CC)C(=O)O[C@H]1CCC=C2C=C[C@@H](C)[C@H](CC[C@@H]3C[C@@H](O)CC(=O)O3)[C@H]21. The Hall–Kier alpha value is -1.62. The zero-order chi connectivity index (χ0) is 22.6. The zero-order valence-electron chi connectivity index (χ0n) is 19.6. The average Bonchev–Trinajstić information content (AvgIpc) is 2.74. The second-order valence-electron chi connectivity index (χ2n) is 9.76. The third-order valence-corrected chi connectivity index (χ3v) is 8.12. The first-order chi connectivity index (χ1) is 14.8. The lowest BCUT2D eigenvalue weighted by atomic mass is 9.66. The molecule has 0 unspecified atom stereocenters. The standard InChI is InChI=1S/C26H40O5/c1-5-26(6-2,7-3)25(29)31-22-10-8-9-18-12-11-17(4)21(24(18)22)14-13-20-15-19(27)16-23(28)30-20/h9,11-12,17,19-22,24,27H,5-8,10,13-16H2,1-4H3/t17-,19-,20-,21+,22+,24+/m1/s1. The first-order valence-electron chi connectivity index (χ1n) is 12.3. The minimum Gasteiger partial charge on any atom is -0.462 e. The highest BCUT2D eigenvalue weighted by atomic mass is 16.6. The van der Waals surface area contributed by atoms with E-state index < -0.39 is 6.10 Å². The first kappa shape index (κ1) is 24.0. The number of esters is 2. The summed E-state index contributed by atoms with van der Waals surface area (Å²) in [4.78, 5) is 24.9. The number of rotatable bonds is 8. The van der Waals surface area contributed by atoms with Gasteiger partial charge in [-0.2, -0.15) is 0 Å². The Labute approximate surface area is 187 Å². The van der Waals surface area contributed by atoms with E-state index >= 15 is 0 Å². The van der Waals surface area contributed by atoms with E-state index in [-0.39, 0.29) is 41.9 Å². The summed E-state index contributed by atoms with van der Waals surface area (Å²) in [6.07, 6.45) is 12.3. The van der Waals surface area contributed by atoms with Crippen molar-refractivity contribution in [2.45, 2.75) is 104 Å². The average molecular weight is 433 g/mol. The molecule has 0 aromatic carbocycles. The van der Waals surface area contributed by atoms with E-state index in [1.165, 1.54) is 5.57 Å². The molecule has 0 aromatic rings. The molecule has 1 N–H and O–H groups in total. The molecule has 0 bridgehead atoms. The quantitative estimate of drug-likeness (QED) is 0.539. The molecule has 1 fully saturated rings. The Balaban J connectivity index is 1.74. The van der Waals surface area contributed by atoms with Crippen molar-refractivity contribution < 1.29 is 24.2 Å². The molecule has 1 aliphatic heterocycles. The van der Waals surface area contributed by atoms with E-state index in [4.69, 9.17) is 9.47 Å². The fraction of sp³-hybridized carbons (Fsp3) is 0.769. The van der Waals surface area contributed by atoms with Crippen molar-refractivity contribution in [1.82, 2.24) is 0 Å². The number of carbonyl (C=O) groups is 2. The summed E-state index contributed by atoms with van der Waals surface area (Å²) in [5, 5.41) is 9.94. The maximum absolute atomic E-state index is 13.2. The molecule has 1 saturated heterocycles. The highest BCUT2D eigenvalue weighted by molar-refractivity contribution is 5.77. The number of allylic oxidation sites excluding steroid dienone is 3. The van der Waals surface area contributed by atoms with E-state index in [1.807, 2.05) is 0 Å². The molecule has 2 aliphatic carbocycles. The molecule has 174 valence electrons. The Morgan fingerprint density at radius 3 is 2.58 bits per heavy atom. The molecule has 0 aromatic heterocycles. The number of ether oxygens (including phenoxy) is 2. The van der Waals surface area contributed by atoms with E-state index in [0.717, 1.165) is 44.9 Å². The summed E-state index contributed by atoms with van der Waals surface area (Å²) < 4.78 is 11.7. The van der Waals surface area contributed by atoms with Crippen LogP contribution in [0.2, 0.25) is 0 Å². The van der Waals surface area contributed by atoms with Gasteiger partial charge in [-0.3, -0.25) is 9.59 Å². The normalized spacial score (nSPS) is 33.3. The van der Waals surface area contributed by atoms with Gasteiger partial charge in [-0.1, -0.05) is 45.9 Å². The molecule has 1 heterocycles. The molecule has 5 nitrogen and oxygen atoms in total. The van der Waals surface area contributed by atoms with Crippen LogP contribution in [-0.4, -0.2) is 35.4 Å². The van der Waals surface area contributed by atoms with Gasteiger partial charge in [-0.15, -0.1) is 0 Å². The highest BCUT2D eigenvalue weighted by Crippen LogP contribution is 2.45. The predicted molar refractivity (Wildman–Crippen MR) is 120 cm³/mol. The number of fused-ring (bicyclic) bond motifs is 1. The molecule has 0 radical (unpaired) electrons. The summed E-state index contributed by atoms with van der Waals surface area (Å²) in [5.74, 6) is 0.521. The van der Waals surface area contributed by atoms with Gasteiger partial charge in [-0.05, 0) is 62.4 Å². The van der Waals surface area contributed by atoms with E-state index in [2.05, 4.69) is 45.9 Å². The van der Waals surface area contributed by atoms with Gasteiger partial charge in [-0.25, -0.2) is 0 Å². The molecule has 31 heavy (non-hydrogen) atoms. The first-order valence-corrected chi connectivity index (χ1v) is 12.3. The van der Waals surface area contributed by atoms with Crippen LogP contribution in [-0.2, 0) is 19.1 Å². The number of aliphatic hydroxyl groups excluding tert-OH is 1. The van der Waals surface area contributed by atoms with Crippen LogP contribution in [0.5, 0.6) is 0 Å². The molecule has 6 atom stereocenters. The monoisotopic (exact) mass is 432 g/mol. The second-order valence-corrected chi connectivity index (χ2v) is 9.76. The molecule has 0 amide bonds. The van der Waals surface area contributed by atoms with Gasteiger partial charge in [0.15, 0.2) is 0 Å². The number of hydrogen-bond acceptors (Lipinski definition) is 5. The van der Waals surface area contributed by atoms with Crippen LogP contribution in [0.4, 0.5) is 0 Å². The lowest BCUT2D eigenvalue weighted by Gasteiger charge is -2.43. The Bertz CT molecular complexity index is 696. The zero-order valence-corrected chi connectivity index (χ0v) is 19.6. The minimum absolute atomic E-state index is 0.0449. The topological polar surface area (TPSA) is 72.8 Å².